The van der Waals surface area contributed by atoms with E-state index in [1.165, 1.54) is 26.2 Å². The molecule has 1 unspecified atom stereocenters. The number of rotatable bonds is 1. The SMILES string of the molecule is CC(=O)OC1C[C@@H]2CCCC[C@H]2O1. The van der Waals surface area contributed by atoms with E-state index in [2.05, 4.69) is 0 Å². The number of carbonyl (C=O) groups is 1. The van der Waals surface area contributed by atoms with Gasteiger partial charge in [-0.05, 0) is 18.8 Å². The fraction of sp³-hybridized carbons (Fsp3) is 0.900. The van der Waals surface area contributed by atoms with E-state index in [9.17, 15) is 4.79 Å². The number of carbonyl (C=O) groups excluding carboxylic acids is 1. The smallest absolute Gasteiger partial charge is 0.304 e. The second-order valence-electron chi connectivity index (χ2n) is 3.99. The molecule has 2 fully saturated rings. The molecule has 1 aliphatic heterocycles. The number of esters is 1. The minimum absolute atomic E-state index is 0.233. The Morgan fingerprint density at radius 2 is 2.15 bits per heavy atom. The molecule has 1 heterocycles. The van der Waals surface area contributed by atoms with E-state index in [1.807, 2.05) is 0 Å². The maximum absolute atomic E-state index is 10.7. The van der Waals surface area contributed by atoms with Crippen LogP contribution in [0.1, 0.15) is 39.0 Å². The van der Waals surface area contributed by atoms with Crippen molar-refractivity contribution in [1.29, 1.82) is 0 Å². The molecule has 1 aliphatic carbocycles. The van der Waals surface area contributed by atoms with Gasteiger partial charge < -0.3 is 9.47 Å². The zero-order valence-corrected chi connectivity index (χ0v) is 7.99. The Balaban J connectivity index is 1.87. The summed E-state index contributed by atoms with van der Waals surface area (Å²) in [7, 11) is 0. The predicted molar refractivity (Wildman–Crippen MR) is 47.0 cm³/mol. The third kappa shape index (κ3) is 2.02. The number of ether oxygens (including phenoxy) is 2. The Morgan fingerprint density at radius 1 is 1.38 bits per heavy atom. The van der Waals surface area contributed by atoms with E-state index in [4.69, 9.17) is 9.47 Å². The second kappa shape index (κ2) is 3.66. The lowest BCUT2D eigenvalue weighted by Gasteiger charge is -2.22. The average Bonchev–Trinajstić information content (AvgIpc) is 2.44. The summed E-state index contributed by atoms with van der Waals surface area (Å²) < 4.78 is 10.7. The van der Waals surface area contributed by atoms with Gasteiger partial charge in [0, 0.05) is 13.3 Å². The Hall–Kier alpha value is -0.570. The van der Waals surface area contributed by atoms with Gasteiger partial charge >= 0.3 is 5.97 Å². The molecule has 0 spiro atoms. The molecule has 0 bridgehead atoms. The summed E-state index contributed by atoms with van der Waals surface area (Å²) in [4.78, 5) is 10.7. The first-order chi connectivity index (χ1) is 6.25. The van der Waals surface area contributed by atoms with Crippen LogP contribution in [0.4, 0.5) is 0 Å². The number of hydrogen-bond donors (Lipinski definition) is 0. The van der Waals surface area contributed by atoms with Crippen LogP contribution < -0.4 is 0 Å². The van der Waals surface area contributed by atoms with Gasteiger partial charge in [0.05, 0.1) is 6.10 Å². The van der Waals surface area contributed by atoms with Gasteiger partial charge in [-0.3, -0.25) is 4.79 Å². The normalized spacial score (nSPS) is 38.4. The van der Waals surface area contributed by atoms with Gasteiger partial charge in [0.1, 0.15) is 0 Å². The summed E-state index contributed by atoms with van der Waals surface area (Å²) in [5.74, 6) is 0.404. The average molecular weight is 184 g/mol. The summed E-state index contributed by atoms with van der Waals surface area (Å²) in [6.07, 6.45) is 5.95. The van der Waals surface area contributed by atoms with E-state index >= 15 is 0 Å². The van der Waals surface area contributed by atoms with Crippen molar-refractivity contribution in [2.45, 2.75) is 51.4 Å². The van der Waals surface area contributed by atoms with Gasteiger partial charge in [-0.25, -0.2) is 0 Å². The maximum atomic E-state index is 10.7. The van der Waals surface area contributed by atoms with E-state index in [-0.39, 0.29) is 12.3 Å². The molecular weight excluding hydrogens is 168 g/mol. The van der Waals surface area contributed by atoms with Crippen molar-refractivity contribution in [3.8, 4) is 0 Å². The molecule has 3 atom stereocenters. The van der Waals surface area contributed by atoms with Crippen molar-refractivity contribution in [1.82, 2.24) is 0 Å². The molecule has 0 aromatic carbocycles. The van der Waals surface area contributed by atoms with Crippen molar-refractivity contribution in [3.63, 3.8) is 0 Å². The van der Waals surface area contributed by atoms with Crippen molar-refractivity contribution < 1.29 is 14.3 Å². The van der Waals surface area contributed by atoms with Crippen LogP contribution in [0.5, 0.6) is 0 Å². The lowest BCUT2D eigenvalue weighted by atomic mass is 9.86. The molecule has 0 radical (unpaired) electrons. The highest BCUT2D eigenvalue weighted by Crippen LogP contribution is 2.37. The van der Waals surface area contributed by atoms with E-state index < -0.39 is 0 Å². The minimum atomic E-state index is -0.259. The molecule has 0 aromatic rings. The molecule has 13 heavy (non-hydrogen) atoms. The molecular formula is C10H16O3. The standard InChI is InChI=1S/C10H16O3/c1-7(11)12-10-6-8-4-2-3-5-9(8)13-10/h8-10H,2-6H2,1H3/t8-,9+,10?/m0/s1. The van der Waals surface area contributed by atoms with E-state index in [1.54, 1.807) is 0 Å². The summed E-state index contributed by atoms with van der Waals surface area (Å²) in [5, 5.41) is 0. The first-order valence-electron chi connectivity index (χ1n) is 5.08. The van der Waals surface area contributed by atoms with Crippen LogP contribution in [0.15, 0.2) is 0 Å². The zero-order chi connectivity index (χ0) is 9.26. The van der Waals surface area contributed by atoms with Crippen LogP contribution in [0.2, 0.25) is 0 Å². The Kier molecular flexibility index (Phi) is 2.54. The Labute approximate surface area is 78.4 Å². The molecule has 1 saturated heterocycles. The maximum Gasteiger partial charge on any atom is 0.304 e. The molecule has 0 aromatic heterocycles. The highest BCUT2D eigenvalue weighted by molar-refractivity contribution is 5.66. The van der Waals surface area contributed by atoms with Crippen molar-refractivity contribution in [3.05, 3.63) is 0 Å². The fourth-order valence-corrected chi connectivity index (χ4v) is 2.38. The van der Waals surface area contributed by atoms with Crippen molar-refractivity contribution in [2.24, 2.45) is 5.92 Å². The summed E-state index contributed by atoms with van der Waals surface area (Å²) in [6, 6.07) is 0. The van der Waals surface area contributed by atoms with Crippen LogP contribution in [0.25, 0.3) is 0 Å². The highest BCUT2D eigenvalue weighted by Gasteiger charge is 2.37. The molecule has 3 nitrogen and oxygen atoms in total. The van der Waals surface area contributed by atoms with Gasteiger partial charge in [-0.15, -0.1) is 0 Å². The van der Waals surface area contributed by atoms with Gasteiger partial charge in [0.15, 0.2) is 0 Å². The van der Waals surface area contributed by atoms with Gasteiger partial charge in [0.25, 0.3) is 0 Å². The highest BCUT2D eigenvalue weighted by atomic mass is 16.7. The Bertz CT molecular complexity index is 188. The quantitative estimate of drug-likeness (QED) is 0.583. The molecule has 2 rings (SSSR count). The first kappa shape index (κ1) is 9.00. The molecule has 1 saturated carbocycles. The van der Waals surface area contributed by atoms with Crippen molar-refractivity contribution in [2.75, 3.05) is 0 Å². The molecule has 0 N–H and O–H groups in total. The molecule has 2 aliphatic rings. The monoisotopic (exact) mass is 184 g/mol. The van der Waals surface area contributed by atoms with Gasteiger partial charge in [-0.1, -0.05) is 12.8 Å². The third-order valence-electron chi connectivity index (χ3n) is 2.96. The van der Waals surface area contributed by atoms with Crippen molar-refractivity contribution >= 4 is 5.97 Å². The fourth-order valence-electron chi connectivity index (χ4n) is 2.38. The first-order valence-corrected chi connectivity index (χ1v) is 5.08. The summed E-state index contributed by atoms with van der Waals surface area (Å²) in [6.45, 7) is 1.44. The van der Waals surface area contributed by atoms with Crippen LogP contribution in [-0.4, -0.2) is 18.4 Å². The summed E-state index contributed by atoms with van der Waals surface area (Å²) >= 11 is 0. The lowest BCUT2D eigenvalue weighted by Crippen LogP contribution is -2.20. The van der Waals surface area contributed by atoms with Crippen LogP contribution >= 0.6 is 0 Å². The Morgan fingerprint density at radius 3 is 2.85 bits per heavy atom. The molecule has 74 valence electrons. The van der Waals surface area contributed by atoms with Gasteiger partial charge in [-0.2, -0.15) is 0 Å². The number of hydrogen-bond acceptors (Lipinski definition) is 3. The van der Waals surface area contributed by atoms with E-state index in [0.717, 1.165) is 12.8 Å². The molecule has 3 heteroatoms. The van der Waals surface area contributed by atoms with Crippen LogP contribution in [0, 0.1) is 5.92 Å². The zero-order valence-electron chi connectivity index (χ0n) is 7.99. The van der Waals surface area contributed by atoms with E-state index in [0.29, 0.717) is 12.0 Å². The van der Waals surface area contributed by atoms with Gasteiger partial charge in [0.2, 0.25) is 6.29 Å². The topological polar surface area (TPSA) is 35.5 Å². The van der Waals surface area contributed by atoms with Crippen LogP contribution in [-0.2, 0) is 14.3 Å². The second-order valence-corrected chi connectivity index (χ2v) is 3.99. The predicted octanol–water partition coefficient (Wildman–Crippen LogP) is 1.85. The van der Waals surface area contributed by atoms with Crippen LogP contribution in [0.3, 0.4) is 0 Å². The molecule has 0 amide bonds. The minimum Gasteiger partial charge on any atom is -0.436 e. The summed E-state index contributed by atoms with van der Waals surface area (Å²) in [5.41, 5.74) is 0. The largest absolute Gasteiger partial charge is 0.436 e. The third-order valence-corrected chi connectivity index (χ3v) is 2.96. The number of fused-ring (bicyclic) bond motifs is 1. The lowest BCUT2D eigenvalue weighted by molar-refractivity contribution is -0.173.